The van der Waals surface area contributed by atoms with Crippen LogP contribution in [0.4, 0.5) is 5.69 Å². The van der Waals surface area contributed by atoms with Crippen LogP contribution in [0.3, 0.4) is 0 Å². The summed E-state index contributed by atoms with van der Waals surface area (Å²) in [5.41, 5.74) is 8.35. The zero-order chi connectivity index (χ0) is 12.1. The molecular formula is C13H21BrN2. The van der Waals surface area contributed by atoms with Gasteiger partial charge in [-0.1, -0.05) is 6.07 Å². The summed E-state index contributed by atoms with van der Waals surface area (Å²) in [5.74, 6) is 0. The first kappa shape index (κ1) is 13.5. The lowest BCUT2D eigenvalue weighted by molar-refractivity contribution is 0.737. The van der Waals surface area contributed by atoms with Crippen molar-refractivity contribution < 1.29 is 0 Å². The third-order valence-corrected chi connectivity index (χ3v) is 3.31. The largest absolute Gasteiger partial charge is 0.371 e. The van der Waals surface area contributed by atoms with Crippen molar-refractivity contribution >= 4 is 21.6 Å². The smallest absolute Gasteiger partial charge is 0.0510 e. The molecule has 0 saturated heterocycles. The predicted molar refractivity (Wildman–Crippen MR) is 75.1 cm³/mol. The second-order valence-electron chi connectivity index (χ2n) is 4.14. The number of rotatable bonds is 5. The Morgan fingerprint density at radius 3 is 2.38 bits per heavy atom. The van der Waals surface area contributed by atoms with Crippen LogP contribution < -0.4 is 10.6 Å². The lowest BCUT2D eigenvalue weighted by Gasteiger charge is -2.23. The average Bonchev–Trinajstić information content (AvgIpc) is 2.21. The summed E-state index contributed by atoms with van der Waals surface area (Å²) in [6, 6.07) is 6.74. The van der Waals surface area contributed by atoms with Gasteiger partial charge < -0.3 is 10.6 Å². The van der Waals surface area contributed by atoms with Gasteiger partial charge in [-0.3, -0.25) is 0 Å². The summed E-state index contributed by atoms with van der Waals surface area (Å²) in [6.45, 7) is 8.44. The van der Waals surface area contributed by atoms with Crippen molar-refractivity contribution in [2.24, 2.45) is 5.73 Å². The quantitative estimate of drug-likeness (QED) is 0.900. The molecule has 0 aliphatic heterocycles. The van der Waals surface area contributed by atoms with Crippen LogP contribution in [-0.2, 0) is 6.42 Å². The van der Waals surface area contributed by atoms with E-state index in [2.05, 4.69) is 52.9 Å². The minimum atomic E-state index is 0.214. The lowest BCUT2D eigenvalue weighted by atomic mass is 10.1. The Bertz CT molecular complexity index is 333. The molecule has 0 spiro atoms. The first-order chi connectivity index (χ1) is 7.58. The second kappa shape index (κ2) is 6.26. The molecular weight excluding hydrogens is 264 g/mol. The highest BCUT2D eigenvalue weighted by atomic mass is 79.9. The second-order valence-corrected chi connectivity index (χ2v) is 4.99. The lowest BCUT2D eigenvalue weighted by Crippen LogP contribution is -2.22. The number of nitrogens with two attached hydrogens (primary N) is 1. The first-order valence-corrected chi connectivity index (χ1v) is 6.66. The minimum absolute atomic E-state index is 0.214. The van der Waals surface area contributed by atoms with Gasteiger partial charge in [0.05, 0.1) is 5.69 Å². The Hall–Kier alpha value is -0.540. The summed E-state index contributed by atoms with van der Waals surface area (Å²) in [4.78, 5) is 2.33. The van der Waals surface area contributed by atoms with Crippen LogP contribution in [0.5, 0.6) is 0 Å². The molecule has 90 valence electrons. The van der Waals surface area contributed by atoms with Gasteiger partial charge >= 0.3 is 0 Å². The van der Waals surface area contributed by atoms with Gasteiger partial charge in [0.2, 0.25) is 0 Å². The number of anilines is 1. The molecule has 1 rings (SSSR count). The molecule has 16 heavy (non-hydrogen) atoms. The molecule has 0 heterocycles. The van der Waals surface area contributed by atoms with Gasteiger partial charge in [-0.05, 0) is 60.8 Å². The van der Waals surface area contributed by atoms with Crippen LogP contribution in [0.25, 0.3) is 0 Å². The zero-order valence-corrected chi connectivity index (χ0v) is 11.9. The molecule has 0 radical (unpaired) electrons. The maximum atomic E-state index is 5.80. The summed E-state index contributed by atoms with van der Waals surface area (Å²) in [5, 5.41) is 0. The van der Waals surface area contributed by atoms with Crippen molar-refractivity contribution in [1.29, 1.82) is 0 Å². The molecule has 0 saturated carbocycles. The third kappa shape index (κ3) is 3.49. The standard InChI is InChI=1S/C13H21BrN2/c1-4-16(5-2)13-7-6-11(8-10(3)15)9-12(13)14/h6-7,9-10H,4-5,8,15H2,1-3H3. The fourth-order valence-corrected chi connectivity index (χ4v) is 2.55. The normalized spacial score (nSPS) is 12.6. The monoisotopic (exact) mass is 284 g/mol. The van der Waals surface area contributed by atoms with Gasteiger partial charge in [0.25, 0.3) is 0 Å². The van der Waals surface area contributed by atoms with E-state index < -0.39 is 0 Å². The Labute approximate surface area is 107 Å². The first-order valence-electron chi connectivity index (χ1n) is 5.87. The molecule has 1 unspecified atom stereocenters. The molecule has 0 bridgehead atoms. The average molecular weight is 285 g/mol. The fourth-order valence-electron chi connectivity index (χ4n) is 1.87. The highest BCUT2D eigenvalue weighted by Gasteiger charge is 2.07. The Balaban J connectivity index is 2.90. The Kier molecular flexibility index (Phi) is 5.29. The van der Waals surface area contributed by atoms with Gasteiger partial charge in [0, 0.05) is 23.6 Å². The van der Waals surface area contributed by atoms with E-state index in [9.17, 15) is 0 Å². The molecule has 3 heteroatoms. The maximum Gasteiger partial charge on any atom is 0.0510 e. The van der Waals surface area contributed by atoms with Crippen molar-refractivity contribution in [1.82, 2.24) is 0 Å². The molecule has 0 aliphatic carbocycles. The van der Waals surface area contributed by atoms with E-state index in [1.54, 1.807) is 0 Å². The molecule has 2 nitrogen and oxygen atoms in total. The summed E-state index contributed by atoms with van der Waals surface area (Å²) < 4.78 is 1.16. The maximum absolute atomic E-state index is 5.80. The molecule has 0 aliphatic rings. The van der Waals surface area contributed by atoms with E-state index in [1.165, 1.54) is 11.3 Å². The number of hydrogen-bond acceptors (Lipinski definition) is 2. The summed E-state index contributed by atoms with van der Waals surface area (Å²) in [6.07, 6.45) is 0.928. The Morgan fingerprint density at radius 1 is 1.31 bits per heavy atom. The van der Waals surface area contributed by atoms with Crippen LogP contribution >= 0.6 is 15.9 Å². The van der Waals surface area contributed by atoms with E-state index in [0.717, 1.165) is 24.0 Å². The van der Waals surface area contributed by atoms with Gasteiger partial charge in [0.1, 0.15) is 0 Å². The van der Waals surface area contributed by atoms with Gasteiger partial charge in [-0.25, -0.2) is 0 Å². The van der Waals surface area contributed by atoms with Gasteiger partial charge in [-0.15, -0.1) is 0 Å². The van der Waals surface area contributed by atoms with Crippen molar-refractivity contribution in [2.45, 2.75) is 33.2 Å². The molecule has 1 aromatic carbocycles. The van der Waals surface area contributed by atoms with Crippen molar-refractivity contribution in [2.75, 3.05) is 18.0 Å². The molecule has 0 fully saturated rings. The number of benzene rings is 1. The van der Waals surface area contributed by atoms with Crippen LogP contribution in [0.15, 0.2) is 22.7 Å². The zero-order valence-electron chi connectivity index (χ0n) is 10.3. The molecule has 1 aromatic rings. The van der Waals surface area contributed by atoms with E-state index in [-0.39, 0.29) is 6.04 Å². The van der Waals surface area contributed by atoms with Crippen LogP contribution in [0.1, 0.15) is 26.3 Å². The molecule has 2 N–H and O–H groups in total. The summed E-state index contributed by atoms with van der Waals surface area (Å²) >= 11 is 3.64. The molecule has 0 aromatic heterocycles. The van der Waals surface area contributed by atoms with E-state index in [4.69, 9.17) is 5.73 Å². The van der Waals surface area contributed by atoms with E-state index >= 15 is 0 Å². The highest BCUT2D eigenvalue weighted by molar-refractivity contribution is 9.10. The summed E-state index contributed by atoms with van der Waals surface area (Å²) in [7, 11) is 0. The SMILES string of the molecule is CCN(CC)c1ccc(CC(C)N)cc1Br. The number of nitrogens with zero attached hydrogens (tertiary/aromatic N) is 1. The van der Waals surface area contributed by atoms with Crippen LogP contribution in [-0.4, -0.2) is 19.1 Å². The van der Waals surface area contributed by atoms with E-state index in [1.807, 2.05) is 6.92 Å². The van der Waals surface area contributed by atoms with Crippen molar-refractivity contribution in [3.8, 4) is 0 Å². The van der Waals surface area contributed by atoms with E-state index in [0.29, 0.717) is 0 Å². The van der Waals surface area contributed by atoms with Crippen molar-refractivity contribution in [3.05, 3.63) is 28.2 Å². The highest BCUT2D eigenvalue weighted by Crippen LogP contribution is 2.27. The third-order valence-electron chi connectivity index (χ3n) is 2.67. The fraction of sp³-hybridized carbons (Fsp3) is 0.538. The predicted octanol–water partition coefficient (Wildman–Crippen LogP) is 3.19. The van der Waals surface area contributed by atoms with Gasteiger partial charge in [0.15, 0.2) is 0 Å². The minimum Gasteiger partial charge on any atom is -0.371 e. The Morgan fingerprint density at radius 2 is 1.94 bits per heavy atom. The van der Waals surface area contributed by atoms with Crippen LogP contribution in [0.2, 0.25) is 0 Å². The topological polar surface area (TPSA) is 29.3 Å². The van der Waals surface area contributed by atoms with Crippen molar-refractivity contribution in [3.63, 3.8) is 0 Å². The van der Waals surface area contributed by atoms with Crippen LogP contribution in [0, 0.1) is 0 Å². The molecule has 0 amide bonds. The molecule has 1 atom stereocenters. The number of hydrogen-bond donors (Lipinski definition) is 1. The number of halogens is 1. The van der Waals surface area contributed by atoms with Gasteiger partial charge in [-0.2, -0.15) is 0 Å².